The first kappa shape index (κ1) is 15.0. The molecule has 0 atom stereocenters. The maximum absolute atomic E-state index is 12.4. The summed E-state index contributed by atoms with van der Waals surface area (Å²) in [6, 6.07) is 7.56. The number of benzene rings is 1. The van der Waals surface area contributed by atoms with Crippen LogP contribution in [0.25, 0.3) is 5.69 Å². The van der Waals surface area contributed by atoms with Crippen LogP contribution in [0.2, 0.25) is 5.02 Å². The van der Waals surface area contributed by atoms with Crippen LogP contribution in [-0.4, -0.2) is 26.9 Å². The van der Waals surface area contributed by atoms with E-state index >= 15 is 0 Å². The van der Waals surface area contributed by atoms with Gasteiger partial charge in [0.2, 0.25) is 0 Å². The van der Waals surface area contributed by atoms with Crippen molar-refractivity contribution >= 4 is 17.5 Å². The molecule has 0 spiro atoms. The van der Waals surface area contributed by atoms with Crippen molar-refractivity contribution < 1.29 is 4.79 Å². The number of carbonyl (C=O) groups is 1. The predicted molar refractivity (Wildman–Crippen MR) is 85.4 cm³/mol. The van der Waals surface area contributed by atoms with E-state index in [0.717, 1.165) is 24.2 Å². The van der Waals surface area contributed by atoms with E-state index in [1.54, 1.807) is 16.8 Å². The van der Waals surface area contributed by atoms with E-state index in [4.69, 9.17) is 11.6 Å². The molecule has 1 aliphatic carbocycles. The Hall–Kier alpha value is -1.88. The summed E-state index contributed by atoms with van der Waals surface area (Å²) in [6.45, 7) is 1.85. The van der Waals surface area contributed by atoms with Gasteiger partial charge in [-0.25, -0.2) is 4.68 Å². The second kappa shape index (κ2) is 6.48. The van der Waals surface area contributed by atoms with Crippen LogP contribution in [0.1, 0.15) is 48.3 Å². The molecule has 0 radical (unpaired) electrons. The van der Waals surface area contributed by atoms with Gasteiger partial charge >= 0.3 is 0 Å². The molecule has 1 aliphatic rings. The van der Waals surface area contributed by atoms with E-state index in [1.165, 1.54) is 19.3 Å². The van der Waals surface area contributed by atoms with Gasteiger partial charge in [-0.1, -0.05) is 36.1 Å². The van der Waals surface area contributed by atoms with Crippen LogP contribution in [0.3, 0.4) is 0 Å². The third-order valence-corrected chi connectivity index (χ3v) is 4.37. The summed E-state index contributed by atoms with van der Waals surface area (Å²) in [5.74, 6) is -0.135. The molecule has 6 heteroatoms. The number of rotatable bonds is 3. The van der Waals surface area contributed by atoms with Crippen LogP contribution >= 0.6 is 11.6 Å². The van der Waals surface area contributed by atoms with Crippen LogP contribution in [0.15, 0.2) is 24.3 Å². The van der Waals surface area contributed by atoms with Gasteiger partial charge in [0.25, 0.3) is 5.91 Å². The van der Waals surface area contributed by atoms with E-state index in [9.17, 15) is 4.79 Å². The summed E-state index contributed by atoms with van der Waals surface area (Å²) in [5.41, 5.74) is 1.96. The lowest BCUT2D eigenvalue weighted by Crippen LogP contribution is -2.36. The minimum Gasteiger partial charge on any atom is -0.348 e. The lowest BCUT2D eigenvalue weighted by Gasteiger charge is -2.22. The quantitative estimate of drug-likeness (QED) is 0.944. The van der Waals surface area contributed by atoms with E-state index in [2.05, 4.69) is 15.6 Å². The molecule has 2 aromatic rings. The minimum absolute atomic E-state index is 0.135. The maximum atomic E-state index is 12.4. The molecule has 1 N–H and O–H groups in total. The number of aromatic nitrogens is 3. The first-order chi connectivity index (χ1) is 10.6. The Balaban J connectivity index is 1.77. The van der Waals surface area contributed by atoms with Crippen molar-refractivity contribution in [2.24, 2.45) is 0 Å². The van der Waals surface area contributed by atoms with Crippen molar-refractivity contribution in [3.05, 3.63) is 40.7 Å². The largest absolute Gasteiger partial charge is 0.348 e. The second-order valence-electron chi connectivity index (χ2n) is 5.72. The third kappa shape index (κ3) is 3.14. The Labute approximate surface area is 134 Å². The predicted octanol–water partition coefficient (Wildman–Crippen LogP) is 3.29. The summed E-state index contributed by atoms with van der Waals surface area (Å²) in [4.78, 5) is 12.4. The van der Waals surface area contributed by atoms with E-state index in [0.29, 0.717) is 10.7 Å². The van der Waals surface area contributed by atoms with Crippen LogP contribution in [0, 0.1) is 6.92 Å². The highest BCUT2D eigenvalue weighted by atomic mass is 35.5. The van der Waals surface area contributed by atoms with Crippen LogP contribution in [0.5, 0.6) is 0 Å². The van der Waals surface area contributed by atoms with Crippen molar-refractivity contribution in [1.29, 1.82) is 0 Å². The van der Waals surface area contributed by atoms with Gasteiger partial charge in [0.15, 0.2) is 5.69 Å². The van der Waals surface area contributed by atoms with Crippen LogP contribution in [0.4, 0.5) is 0 Å². The summed E-state index contributed by atoms with van der Waals surface area (Å²) >= 11 is 5.89. The summed E-state index contributed by atoms with van der Waals surface area (Å²) in [6.07, 6.45) is 5.73. The Bertz CT molecular complexity index is 659. The SMILES string of the molecule is Cc1c(C(=O)NC2CCCCC2)nnn1-c1ccc(Cl)cc1. The standard InChI is InChI=1S/C16H19ClN4O/c1-11-15(16(22)18-13-5-3-2-4-6-13)19-20-21(11)14-9-7-12(17)8-10-14/h7-10,13H,2-6H2,1H3,(H,18,22). The van der Waals surface area contributed by atoms with Crippen molar-refractivity contribution in [2.45, 2.75) is 45.1 Å². The molecule has 1 aromatic heterocycles. The van der Waals surface area contributed by atoms with Gasteiger partial charge in [-0.15, -0.1) is 5.10 Å². The molecule has 0 bridgehead atoms. The Kier molecular flexibility index (Phi) is 4.43. The second-order valence-corrected chi connectivity index (χ2v) is 6.16. The Morgan fingerprint density at radius 1 is 1.23 bits per heavy atom. The lowest BCUT2D eigenvalue weighted by molar-refractivity contribution is 0.0922. The molecular formula is C16H19ClN4O. The highest BCUT2D eigenvalue weighted by Crippen LogP contribution is 2.19. The fourth-order valence-corrected chi connectivity index (χ4v) is 2.99. The van der Waals surface area contributed by atoms with E-state index < -0.39 is 0 Å². The Morgan fingerprint density at radius 2 is 1.91 bits per heavy atom. The van der Waals surface area contributed by atoms with Gasteiger partial charge in [0, 0.05) is 11.1 Å². The normalized spacial score (nSPS) is 15.7. The minimum atomic E-state index is -0.135. The molecule has 116 valence electrons. The summed E-state index contributed by atoms with van der Waals surface area (Å²) in [5, 5.41) is 11.9. The molecule has 3 rings (SSSR count). The van der Waals surface area contributed by atoms with Crippen LogP contribution < -0.4 is 5.32 Å². The highest BCUT2D eigenvalue weighted by Gasteiger charge is 2.21. The van der Waals surface area contributed by atoms with Crippen molar-refractivity contribution in [2.75, 3.05) is 0 Å². The fourth-order valence-electron chi connectivity index (χ4n) is 2.87. The first-order valence-corrected chi connectivity index (χ1v) is 8.02. The molecule has 1 heterocycles. The monoisotopic (exact) mass is 318 g/mol. The highest BCUT2D eigenvalue weighted by molar-refractivity contribution is 6.30. The summed E-state index contributed by atoms with van der Waals surface area (Å²) in [7, 11) is 0. The molecule has 0 saturated heterocycles. The molecule has 1 fully saturated rings. The smallest absolute Gasteiger partial charge is 0.273 e. The molecule has 1 aromatic carbocycles. The van der Waals surface area contributed by atoms with Gasteiger partial charge in [-0.2, -0.15) is 0 Å². The third-order valence-electron chi connectivity index (χ3n) is 4.12. The molecule has 0 unspecified atom stereocenters. The van der Waals surface area contributed by atoms with Gasteiger partial charge in [0.05, 0.1) is 11.4 Å². The van der Waals surface area contributed by atoms with Crippen molar-refractivity contribution in [3.63, 3.8) is 0 Å². The lowest BCUT2D eigenvalue weighted by atomic mass is 9.95. The number of nitrogens with zero attached hydrogens (tertiary/aromatic N) is 3. The fraction of sp³-hybridized carbons (Fsp3) is 0.438. The maximum Gasteiger partial charge on any atom is 0.273 e. The number of halogens is 1. The number of hydrogen-bond donors (Lipinski definition) is 1. The average molecular weight is 319 g/mol. The van der Waals surface area contributed by atoms with Crippen LogP contribution in [-0.2, 0) is 0 Å². The average Bonchev–Trinajstić information content (AvgIpc) is 2.91. The molecule has 5 nitrogen and oxygen atoms in total. The first-order valence-electron chi connectivity index (χ1n) is 7.64. The van der Waals surface area contributed by atoms with Crippen molar-refractivity contribution in [1.82, 2.24) is 20.3 Å². The molecule has 0 aliphatic heterocycles. The topological polar surface area (TPSA) is 59.8 Å². The van der Waals surface area contributed by atoms with Gasteiger partial charge in [0.1, 0.15) is 0 Å². The number of nitrogens with one attached hydrogen (secondary N) is 1. The Morgan fingerprint density at radius 3 is 2.59 bits per heavy atom. The molecule has 22 heavy (non-hydrogen) atoms. The zero-order valence-electron chi connectivity index (χ0n) is 12.6. The molecule has 1 saturated carbocycles. The zero-order chi connectivity index (χ0) is 15.5. The molecule has 1 amide bonds. The zero-order valence-corrected chi connectivity index (χ0v) is 13.3. The molecular weight excluding hydrogens is 300 g/mol. The number of hydrogen-bond acceptors (Lipinski definition) is 3. The van der Waals surface area contributed by atoms with Gasteiger partial charge < -0.3 is 5.32 Å². The van der Waals surface area contributed by atoms with E-state index in [-0.39, 0.29) is 11.9 Å². The number of amides is 1. The van der Waals surface area contributed by atoms with Gasteiger partial charge in [-0.05, 0) is 44.0 Å². The summed E-state index contributed by atoms with van der Waals surface area (Å²) < 4.78 is 1.66. The van der Waals surface area contributed by atoms with Gasteiger partial charge in [-0.3, -0.25) is 4.79 Å². The van der Waals surface area contributed by atoms with E-state index in [1.807, 2.05) is 19.1 Å². The number of carbonyl (C=O) groups excluding carboxylic acids is 1. The van der Waals surface area contributed by atoms with Crippen molar-refractivity contribution in [3.8, 4) is 5.69 Å².